The second-order valence-electron chi connectivity index (χ2n) is 5.42. The second kappa shape index (κ2) is 5.50. The van der Waals surface area contributed by atoms with Crippen molar-refractivity contribution in [1.29, 1.82) is 0 Å². The number of hydrogen-bond donors (Lipinski definition) is 1. The molecule has 20 heavy (non-hydrogen) atoms. The van der Waals surface area contributed by atoms with E-state index in [0.717, 1.165) is 12.8 Å². The summed E-state index contributed by atoms with van der Waals surface area (Å²) in [6, 6.07) is 8.28. The van der Waals surface area contributed by atoms with Gasteiger partial charge in [0.05, 0.1) is 13.2 Å². The summed E-state index contributed by atoms with van der Waals surface area (Å²) < 4.78 is 5.48. The minimum atomic E-state index is -0.300. The van der Waals surface area contributed by atoms with Crippen LogP contribution in [0.1, 0.15) is 11.1 Å². The number of ether oxygens (including phenoxy) is 1. The summed E-state index contributed by atoms with van der Waals surface area (Å²) in [7, 11) is 0. The van der Waals surface area contributed by atoms with Crippen molar-refractivity contribution in [2.45, 2.75) is 18.9 Å². The predicted molar refractivity (Wildman–Crippen MR) is 80.4 cm³/mol. The van der Waals surface area contributed by atoms with Crippen molar-refractivity contribution in [2.24, 2.45) is 11.7 Å². The van der Waals surface area contributed by atoms with E-state index in [1.807, 2.05) is 17.0 Å². The number of hydrogen-bond acceptors (Lipinski definition) is 3. The SMILES string of the molecule is NC(=S)C1CN(C(=O)C2Cc3ccccc3C2)CCO1. The molecule has 1 atom stereocenters. The van der Waals surface area contributed by atoms with Gasteiger partial charge in [0.1, 0.15) is 11.1 Å². The molecule has 0 bridgehead atoms. The number of carbonyl (C=O) groups excluding carboxylic acids is 1. The summed E-state index contributed by atoms with van der Waals surface area (Å²) in [5.74, 6) is 0.253. The monoisotopic (exact) mass is 290 g/mol. The van der Waals surface area contributed by atoms with Crippen molar-refractivity contribution < 1.29 is 9.53 Å². The fourth-order valence-corrected chi connectivity index (χ4v) is 3.16. The molecule has 3 rings (SSSR count). The zero-order valence-electron chi connectivity index (χ0n) is 11.2. The molecule has 1 saturated heterocycles. The smallest absolute Gasteiger partial charge is 0.226 e. The number of thiocarbonyl (C=S) groups is 1. The van der Waals surface area contributed by atoms with Crippen LogP contribution in [-0.2, 0) is 22.4 Å². The number of fused-ring (bicyclic) bond motifs is 1. The maximum Gasteiger partial charge on any atom is 0.226 e. The summed E-state index contributed by atoms with van der Waals surface area (Å²) in [5.41, 5.74) is 8.21. The van der Waals surface area contributed by atoms with Gasteiger partial charge in [0.2, 0.25) is 5.91 Å². The van der Waals surface area contributed by atoms with Gasteiger partial charge in [-0.2, -0.15) is 0 Å². The van der Waals surface area contributed by atoms with Gasteiger partial charge in [-0.3, -0.25) is 4.79 Å². The highest BCUT2D eigenvalue weighted by molar-refractivity contribution is 7.80. The van der Waals surface area contributed by atoms with Crippen LogP contribution in [0.2, 0.25) is 0 Å². The first-order chi connectivity index (χ1) is 9.65. The summed E-state index contributed by atoms with van der Waals surface area (Å²) in [5, 5.41) is 0. The molecule has 1 amide bonds. The molecular formula is C15H18N2O2S. The van der Waals surface area contributed by atoms with Crippen LogP contribution in [0, 0.1) is 5.92 Å². The Balaban J connectivity index is 1.67. The highest BCUT2D eigenvalue weighted by Crippen LogP contribution is 2.28. The van der Waals surface area contributed by atoms with E-state index in [-0.39, 0.29) is 17.9 Å². The highest BCUT2D eigenvalue weighted by atomic mass is 32.1. The van der Waals surface area contributed by atoms with Crippen molar-refractivity contribution in [2.75, 3.05) is 19.7 Å². The minimum Gasteiger partial charge on any atom is -0.391 e. The Labute approximate surface area is 123 Å². The number of morpholine rings is 1. The fraction of sp³-hybridized carbons (Fsp3) is 0.467. The lowest BCUT2D eigenvalue weighted by Gasteiger charge is -2.33. The summed E-state index contributed by atoms with van der Waals surface area (Å²) in [6.07, 6.45) is 1.38. The van der Waals surface area contributed by atoms with Crippen molar-refractivity contribution in [3.05, 3.63) is 35.4 Å². The molecule has 5 heteroatoms. The van der Waals surface area contributed by atoms with E-state index in [2.05, 4.69) is 12.1 Å². The Morgan fingerprint density at radius 3 is 2.55 bits per heavy atom. The van der Waals surface area contributed by atoms with Gasteiger partial charge in [-0.15, -0.1) is 0 Å². The van der Waals surface area contributed by atoms with Crippen LogP contribution in [0.4, 0.5) is 0 Å². The Hall–Kier alpha value is -1.46. The first kappa shape index (κ1) is 13.5. The van der Waals surface area contributed by atoms with Gasteiger partial charge in [-0.25, -0.2) is 0 Å². The third-order valence-electron chi connectivity index (χ3n) is 4.10. The fourth-order valence-electron chi connectivity index (χ4n) is 3.01. The second-order valence-corrected chi connectivity index (χ2v) is 5.89. The van der Waals surface area contributed by atoms with Crippen LogP contribution in [0.5, 0.6) is 0 Å². The maximum absolute atomic E-state index is 12.6. The van der Waals surface area contributed by atoms with Crippen LogP contribution in [0.3, 0.4) is 0 Å². The van der Waals surface area contributed by atoms with Crippen LogP contribution < -0.4 is 5.73 Å². The Morgan fingerprint density at radius 1 is 1.30 bits per heavy atom. The molecule has 2 aliphatic rings. The maximum atomic E-state index is 12.6. The molecule has 1 unspecified atom stereocenters. The Kier molecular flexibility index (Phi) is 3.72. The topological polar surface area (TPSA) is 55.6 Å². The first-order valence-corrected chi connectivity index (χ1v) is 7.32. The molecule has 2 N–H and O–H groups in total. The van der Waals surface area contributed by atoms with Crippen molar-refractivity contribution >= 4 is 23.1 Å². The van der Waals surface area contributed by atoms with Crippen molar-refractivity contribution in [3.8, 4) is 0 Å². The summed E-state index contributed by atoms with van der Waals surface area (Å²) >= 11 is 4.96. The zero-order chi connectivity index (χ0) is 14.1. The Bertz CT molecular complexity index is 521. The first-order valence-electron chi connectivity index (χ1n) is 6.91. The minimum absolute atomic E-state index is 0.0532. The quantitative estimate of drug-likeness (QED) is 0.823. The average molecular weight is 290 g/mol. The molecule has 0 saturated carbocycles. The lowest BCUT2D eigenvalue weighted by Crippen LogP contribution is -2.51. The Morgan fingerprint density at radius 2 is 1.95 bits per heavy atom. The third-order valence-corrected chi connectivity index (χ3v) is 4.36. The number of nitrogens with two attached hydrogens (primary N) is 1. The van der Waals surface area contributed by atoms with Gasteiger partial charge in [-0.05, 0) is 24.0 Å². The van der Waals surface area contributed by atoms with Gasteiger partial charge in [0.25, 0.3) is 0 Å². The number of amides is 1. The van der Waals surface area contributed by atoms with E-state index in [1.165, 1.54) is 11.1 Å². The molecule has 1 fully saturated rings. The van der Waals surface area contributed by atoms with E-state index in [1.54, 1.807) is 0 Å². The van der Waals surface area contributed by atoms with Gasteiger partial charge in [-0.1, -0.05) is 36.5 Å². The largest absolute Gasteiger partial charge is 0.391 e. The van der Waals surface area contributed by atoms with Crippen LogP contribution in [0.15, 0.2) is 24.3 Å². The molecule has 4 nitrogen and oxygen atoms in total. The van der Waals surface area contributed by atoms with Gasteiger partial charge >= 0.3 is 0 Å². The van der Waals surface area contributed by atoms with Crippen LogP contribution in [-0.4, -0.2) is 41.6 Å². The van der Waals surface area contributed by atoms with E-state index in [9.17, 15) is 4.79 Å². The number of nitrogens with zero attached hydrogens (tertiary/aromatic N) is 1. The van der Waals surface area contributed by atoms with Gasteiger partial charge < -0.3 is 15.4 Å². The summed E-state index contributed by atoms with van der Waals surface area (Å²) in [6.45, 7) is 1.62. The van der Waals surface area contributed by atoms with E-state index < -0.39 is 0 Å². The van der Waals surface area contributed by atoms with E-state index >= 15 is 0 Å². The molecule has 1 heterocycles. The number of rotatable bonds is 2. The normalized spacial score (nSPS) is 22.6. The highest BCUT2D eigenvalue weighted by Gasteiger charge is 2.33. The lowest BCUT2D eigenvalue weighted by molar-refractivity contribution is -0.140. The molecule has 1 aromatic carbocycles. The van der Waals surface area contributed by atoms with Gasteiger partial charge in [0, 0.05) is 12.5 Å². The standard InChI is InChI=1S/C15H18N2O2S/c16-14(20)13-9-17(5-6-19-13)15(18)12-7-10-3-1-2-4-11(10)8-12/h1-4,12-13H,5-9H2,(H2,16,20). The third kappa shape index (κ3) is 2.55. The average Bonchev–Trinajstić information content (AvgIpc) is 2.90. The van der Waals surface area contributed by atoms with Crippen LogP contribution >= 0.6 is 12.2 Å². The molecule has 1 aliphatic heterocycles. The van der Waals surface area contributed by atoms with E-state index in [0.29, 0.717) is 24.7 Å². The summed E-state index contributed by atoms with van der Waals surface area (Å²) in [4.78, 5) is 14.8. The lowest BCUT2D eigenvalue weighted by atomic mass is 10.0. The molecule has 1 aliphatic carbocycles. The molecule has 1 aromatic rings. The molecular weight excluding hydrogens is 272 g/mol. The predicted octanol–water partition coefficient (Wildman–Crippen LogP) is 0.915. The van der Waals surface area contributed by atoms with Crippen molar-refractivity contribution in [1.82, 2.24) is 4.90 Å². The number of benzene rings is 1. The molecule has 0 radical (unpaired) electrons. The van der Waals surface area contributed by atoms with E-state index in [4.69, 9.17) is 22.7 Å². The van der Waals surface area contributed by atoms with Gasteiger partial charge in [0.15, 0.2) is 0 Å². The van der Waals surface area contributed by atoms with Crippen molar-refractivity contribution in [3.63, 3.8) is 0 Å². The number of carbonyl (C=O) groups is 1. The van der Waals surface area contributed by atoms with Crippen LogP contribution in [0.25, 0.3) is 0 Å². The zero-order valence-corrected chi connectivity index (χ0v) is 12.1. The molecule has 0 spiro atoms. The molecule has 106 valence electrons. The molecule has 0 aromatic heterocycles.